The van der Waals surface area contributed by atoms with Crippen LogP contribution in [0.15, 0.2) is 6.07 Å². The van der Waals surface area contributed by atoms with Crippen LogP contribution in [0.4, 0.5) is 22.0 Å². The minimum atomic E-state index is -1.13. The Morgan fingerprint density at radius 1 is 0.562 bits per heavy atom. The highest BCUT2D eigenvalue weighted by atomic mass is 19.1. The molecule has 0 radical (unpaired) electrons. The van der Waals surface area contributed by atoms with Gasteiger partial charge in [0, 0.05) is 0 Å². The molecule has 0 saturated carbocycles. The second-order valence-corrected chi connectivity index (χ2v) is 3.30. The Morgan fingerprint density at radius 2 is 0.938 bits per heavy atom. The fourth-order valence-electron chi connectivity index (χ4n) is 1.69. The molecule has 0 N–H and O–H groups in total. The van der Waals surface area contributed by atoms with Crippen molar-refractivity contribution in [3.05, 3.63) is 33.9 Å². The van der Waals surface area contributed by atoms with Crippen LogP contribution in [0.5, 0.6) is 0 Å². The predicted molar refractivity (Wildman–Crippen MR) is 50.5 cm³/mol. The highest BCUT2D eigenvalue weighted by Gasteiger charge is 2.17. The number of alkyl halides is 5. The van der Waals surface area contributed by atoms with Gasteiger partial charge in [0.05, 0.1) is 0 Å². The number of hydrogen-bond donors (Lipinski definition) is 0. The molecular weight excluding hydrogens is 227 g/mol. The van der Waals surface area contributed by atoms with E-state index in [0.29, 0.717) is 0 Å². The lowest BCUT2D eigenvalue weighted by Crippen LogP contribution is -2.05. The van der Waals surface area contributed by atoms with Crippen LogP contribution in [0, 0.1) is 0 Å². The van der Waals surface area contributed by atoms with E-state index in [0.717, 1.165) is 6.07 Å². The van der Waals surface area contributed by atoms with Crippen molar-refractivity contribution in [2.45, 2.75) is 33.4 Å². The number of rotatable bonds is 5. The van der Waals surface area contributed by atoms with E-state index in [1.165, 1.54) is 0 Å². The van der Waals surface area contributed by atoms with E-state index in [4.69, 9.17) is 0 Å². The number of hydrogen-bond acceptors (Lipinski definition) is 0. The monoisotopic (exact) mass is 238 g/mol. The third kappa shape index (κ3) is 2.18. The van der Waals surface area contributed by atoms with E-state index >= 15 is 0 Å². The third-order valence-electron chi connectivity index (χ3n) is 2.54. The van der Waals surface area contributed by atoms with Gasteiger partial charge < -0.3 is 0 Å². The fourth-order valence-corrected chi connectivity index (χ4v) is 1.69. The molecule has 1 aromatic rings. The molecule has 0 atom stereocenters. The Bertz CT molecular complexity index is 332. The Kier molecular flexibility index (Phi) is 4.71. The first-order valence-corrected chi connectivity index (χ1v) is 4.68. The molecule has 0 aliphatic heterocycles. The molecule has 5 heteroatoms. The van der Waals surface area contributed by atoms with Gasteiger partial charge in [0.25, 0.3) is 0 Å². The lowest BCUT2D eigenvalue weighted by molar-refractivity contribution is 0.415. The van der Waals surface area contributed by atoms with Crippen LogP contribution in [0.1, 0.15) is 27.8 Å². The van der Waals surface area contributed by atoms with Gasteiger partial charge in [0.2, 0.25) is 0 Å². The highest BCUT2D eigenvalue weighted by molar-refractivity contribution is 5.45. The summed E-state index contributed by atoms with van der Waals surface area (Å²) in [5.74, 6) is 0. The van der Waals surface area contributed by atoms with Crippen molar-refractivity contribution in [3.63, 3.8) is 0 Å². The van der Waals surface area contributed by atoms with Gasteiger partial charge in [-0.05, 0) is 33.9 Å². The van der Waals surface area contributed by atoms with E-state index in [1.54, 1.807) is 0 Å². The quantitative estimate of drug-likeness (QED) is 0.679. The zero-order chi connectivity index (χ0) is 12.1. The van der Waals surface area contributed by atoms with Crippen LogP contribution in [0.3, 0.4) is 0 Å². The minimum Gasteiger partial charge on any atom is -0.246 e. The van der Waals surface area contributed by atoms with Crippen molar-refractivity contribution in [2.75, 3.05) is 0 Å². The standard InChI is InChI=1S/C11H11F5/c12-2-7-1-8(3-13)10(5-15)11(6-16)9(7)4-14/h1H,2-6H2. The zero-order valence-electron chi connectivity index (χ0n) is 8.50. The van der Waals surface area contributed by atoms with Crippen LogP contribution in [-0.4, -0.2) is 0 Å². The van der Waals surface area contributed by atoms with E-state index in [-0.39, 0.29) is 27.8 Å². The Labute approximate surface area is 90.1 Å². The Hall–Kier alpha value is -1.13. The predicted octanol–water partition coefficient (Wildman–Crippen LogP) is 4.03. The van der Waals surface area contributed by atoms with Crippen molar-refractivity contribution in [2.24, 2.45) is 0 Å². The molecule has 1 aromatic carbocycles. The van der Waals surface area contributed by atoms with Crippen LogP contribution < -0.4 is 0 Å². The summed E-state index contributed by atoms with van der Waals surface area (Å²) in [5.41, 5.74) is -0.877. The molecule has 0 aromatic heterocycles. The molecule has 0 spiro atoms. The lowest BCUT2D eigenvalue weighted by atomic mass is 9.94. The minimum absolute atomic E-state index is 0.111. The molecule has 0 saturated heterocycles. The van der Waals surface area contributed by atoms with E-state index < -0.39 is 33.4 Å². The number of halogens is 5. The molecule has 0 nitrogen and oxygen atoms in total. The summed E-state index contributed by atoms with van der Waals surface area (Å²) in [5, 5.41) is 0. The van der Waals surface area contributed by atoms with Crippen LogP contribution >= 0.6 is 0 Å². The van der Waals surface area contributed by atoms with E-state index in [2.05, 4.69) is 0 Å². The Balaban J connectivity index is 3.47. The van der Waals surface area contributed by atoms with Crippen molar-refractivity contribution < 1.29 is 22.0 Å². The fraction of sp³-hybridized carbons (Fsp3) is 0.455. The maximum atomic E-state index is 12.7. The van der Waals surface area contributed by atoms with Gasteiger partial charge in [-0.15, -0.1) is 0 Å². The van der Waals surface area contributed by atoms with Crippen molar-refractivity contribution in [1.82, 2.24) is 0 Å². The average molecular weight is 238 g/mol. The van der Waals surface area contributed by atoms with Crippen LogP contribution in [-0.2, 0) is 33.4 Å². The molecule has 0 fully saturated rings. The second-order valence-electron chi connectivity index (χ2n) is 3.30. The van der Waals surface area contributed by atoms with Gasteiger partial charge in [-0.25, -0.2) is 22.0 Å². The zero-order valence-corrected chi connectivity index (χ0v) is 8.50. The van der Waals surface area contributed by atoms with E-state index in [9.17, 15) is 22.0 Å². The van der Waals surface area contributed by atoms with Crippen molar-refractivity contribution in [3.8, 4) is 0 Å². The maximum absolute atomic E-state index is 12.7. The highest BCUT2D eigenvalue weighted by Crippen LogP contribution is 2.28. The molecule has 0 aliphatic rings. The molecule has 0 aliphatic carbocycles. The van der Waals surface area contributed by atoms with Gasteiger partial charge in [-0.3, -0.25) is 0 Å². The van der Waals surface area contributed by atoms with Crippen LogP contribution in [0.25, 0.3) is 0 Å². The first-order chi connectivity index (χ1) is 7.73. The summed E-state index contributed by atoms with van der Waals surface area (Å²) in [7, 11) is 0. The van der Waals surface area contributed by atoms with Crippen molar-refractivity contribution in [1.29, 1.82) is 0 Å². The van der Waals surface area contributed by atoms with Gasteiger partial charge in [-0.1, -0.05) is 0 Å². The summed E-state index contributed by atoms with van der Waals surface area (Å²) in [6, 6.07) is 1.06. The maximum Gasteiger partial charge on any atom is 0.115 e. The molecule has 16 heavy (non-hydrogen) atoms. The molecule has 0 heterocycles. The summed E-state index contributed by atoms with van der Waals surface area (Å²) in [4.78, 5) is 0. The smallest absolute Gasteiger partial charge is 0.115 e. The third-order valence-corrected chi connectivity index (χ3v) is 2.54. The first-order valence-electron chi connectivity index (χ1n) is 4.68. The lowest BCUT2D eigenvalue weighted by Gasteiger charge is -2.15. The van der Waals surface area contributed by atoms with Gasteiger partial charge in [-0.2, -0.15) is 0 Å². The van der Waals surface area contributed by atoms with E-state index in [1.807, 2.05) is 0 Å². The Morgan fingerprint density at radius 3 is 1.19 bits per heavy atom. The first kappa shape index (κ1) is 12.9. The van der Waals surface area contributed by atoms with Gasteiger partial charge >= 0.3 is 0 Å². The molecule has 1 rings (SSSR count). The summed E-state index contributed by atoms with van der Waals surface area (Å²) in [6.45, 7) is -5.34. The summed E-state index contributed by atoms with van der Waals surface area (Å²) in [6.07, 6.45) is 0. The molecule has 0 bridgehead atoms. The molecule has 0 amide bonds. The molecule has 90 valence electrons. The van der Waals surface area contributed by atoms with Gasteiger partial charge in [0.15, 0.2) is 0 Å². The SMILES string of the molecule is FCc1cc(CF)c(CF)c(CF)c1CF. The topological polar surface area (TPSA) is 0 Å². The second kappa shape index (κ2) is 5.82. The number of benzene rings is 1. The largest absolute Gasteiger partial charge is 0.246 e. The van der Waals surface area contributed by atoms with Gasteiger partial charge in [0.1, 0.15) is 33.4 Å². The summed E-state index contributed by atoms with van der Waals surface area (Å²) < 4.78 is 63.0. The average Bonchev–Trinajstić information content (AvgIpc) is 2.35. The normalized spacial score (nSPS) is 10.8. The summed E-state index contributed by atoms with van der Waals surface area (Å²) >= 11 is 0. The molecule has 0 unspecified atom stereocenters. The van der Waals surface area contributed by atoms with Crippen LogP contribution in [0.2, 0.25) is 0 Å². The van der Waals surface area contributed by atoms with Crippen molar-refractivity contribution >= 4 is 0 Å². The molecular formula is C11H11F5.